The molecular weight excluding hydrogens is 437 g/mol. The molecule has 0 spiro atoms. The van der Waals surface area contributed by atoms with Crippen LogP contribution in [0.15, 0.2) is 53.4 Å². The number of para-hydroxylation sites is 1. The fourth-order valence-electron chi connectivity index (χ4n) is 3.52. The Morgan fingerprint density at radius 2 is 1.53 bits per heavy atom. The van der Waals surface area contributed by atoms with E-state index in [9.17, 15) is 27.5 Å². The van der Waals surface area contributed by atoms with Crippen molar-refractivity contribution in [1.29, 1.82) is 0 Å². The summed E-state index contributed by atoms with van der Waals surface area (Å²) in [4.78, 5) is 28.3. The van der Waals surface area contributed by atoms with E-state index in [4.69, 9.17) is 0 Å². The first-order chi connectivity index (χ1) is 15.1. The molecule has 2 amide bonds. The molecule has 0 aliphatic carbocycles. The fraction of sp³-hybridized carbons (Fsp3) is 0.364. The third kappa shape index (κ3) is 5.08. The Labute approximate surface area is 186 Å². The zero-order chi connectivity index (χ0) is 23.5. The second-order valence-electron chi connectivity index (χ2n) is 7.91. The van der Waals surface area contributed by atoms with E-state index in [1.165, 1.54) is 34.1 Å². The van der Waals surface area contributed by atoms with Gasteiger partial charge in [-0.05, 0) is 30.2 Å². The molecule has 172 valence electrons. The summed E-state index contributed by atoms with van der Waals surface area (Å²) in [5.41, 5.74) is 0.185. The molecule has 1 aliphatic heterocycles. The molecule has 2 aromatic rings. The smallest absolute Gasteiger partial charge is 0.257 e. The summed E-state index contributed by atoms with van der Waals surface area (Å²) < 4.78 is 41.7. The molecule has 0 unspecified atom stereocenters. The highest BCUT2D eigenvalue weighted by molar-refractivity contribution is 7.89. The summed E-state index contributed by atoms with van der Waals surface area (Å²) in [5.74, 6) is -2.17. The van der Waals surface area contributed by atoms with Gasteiger partial charge >= 0.3 is 0 Å². The Kier molecular flexibility index (Phi) is 7.15. The predicted molar refractivity (Wildman–Crippen MR) is 116 cm³/mol. The first kappa shape index (κ1) is 23.7. The van der Waals surface area contributed by atoms with Gasteiger partial charge < -0.3 is 14.9 Å². The van der Waals surface area contributed by atoms with E-state index in [0.29, 0.717) is 0 Å². The van der Waals surface area contributed by atoms with Crippen molar-refractivity contribution in [2.45, 2.75) is 24.8 Å². The highest BCUT2D eigenvalue weighted by Crippen LogP contribution is 2.20. The van der Waals surface area contributed by atoms with E-state index in [2.05, 4.69) is 4.72 Å². The number of nitrogens with one attached hydrogen (secondary N) is 1. The number of piperazine rings is 1. The van der Waals surface area contributed by atoms with Crippen LogP contribution in [0.4, 0.5) is 4.39 Å². The minimum atomic E-state index is -4.25. The normalized spacial score (nSPS) is 15.6. The SMILES string of the molecule is CC(C)[C@H](NS(=O)(=O)c1ccccc1F)C(=O)N1CCN(C(=O)c2ccccc2O)CC1. The number of carbonyl (C=O) groups is 2. The predicted octanol–water partition coefficient (Wildman–Crippen LogP) is 1.82. The number of phenolic OH excluding ortho intramolecular Hbond substituents is 1. The van der Waals surface area contributed by atoms with Crippen molar-refractivity contribution in [1.82, 2.24) is 14.5 Å². The molecule has 32 heavy (non-hydrogen) atoms. The summed E-state index contributed by atoms with van der Waals surface area (Å²) >= 11 is 0. The Morgan fingerprint density at radius 1 is 0.969 bits per heavy atom. The van der Waals surface area contributed by atoms with E-state index in [-0.39, 0.29) is 49.3 Å². The van der Waals surface area contributed by atoms with Crippen molar-refractivity contribution in [3.63, 3.8) is 0 Å². The fourth-order valence-corrected chi connectivity index (χ4v) is 4.93. The minimum absolute atomic E-state index is 0.113. The molecule has 0 aromatic heterocycles. The molecule has 1 heterocycles. The lowest BCUT2D eigenvalue weighted by Gasteiger charge is -2.37. The Balaban J connectivity index is 1.69. The van der Waals surface area contributed by atoms with Crippen LogP contribution >= 0.6 is 0 Å². The number of benzene rings is 2. The van der Waals surface area contributed by atoms with Crippen molar-refractivity contribution < 1.29 is 27.5 Å². The third-order valence-corrected chi connectivity index (χ3v) is 6.83. The summed E-state index contributed by atoms with van der Waals surface area (Å²) in [6.07, 6.45) is 0. The van der Waals surface area contributed by atoms with Crippen LogP contribution in [0.5, 0.6) is 5.75 Å². The lowest BCUT2D eigenvalue weighted by Crippen LogP contribution is -2.57. The van der Waals surface area contributed by atoms with E-state index >= 15 is 0 Å². The average molecular weight is 464 g/mol. The second-order valence-corrected chi connectivity index (χ2v) is 9.59. The van der Waals surface area contributed by atoms with Crippen LogP contribution in [0, 0.1) is 11.7 Å². The lowest BCUT2D eigenvalue weighted by atomic mass is 10.0. The van der Waals surface area contributed by atoms with Crippen molar-refractivity contribution >= 4 is 21.8 Å². The third-order valence-electron chi connectivity index (χ3n) is 5.35. The molecule has 0 saturated carbocycles. The summed E-state index contributed by atoms with van der Waals surface area (Å²) in [6, 6.07) is 10.1. The van der Waals surface area contributed by atoms with Gasteiger partial charge in [0.25, 0.3) is 5.91 Å². The number of nitrogens with zero attached hydrogens (tertiary/aromatic N) is 2. The van der Waals surface area contributed by atoms with Gasteiger partial charge in [-0.3, -0.25) is 9.59 Å². The van der Waals surface area contributed by atoms with Crippen LogP contribution in [-0.2, 0) is 14.8 Å². The second kappa shape index (κ2) is 9.66. The molecule has 1 fully saturated rings. The van der Waals surface area contributed by atoms with Crippen molar-refractivity contribution in [3.8, 4) is 5.75 Å². The number of aromatic hydroxyl groups is 1. The maximum absolute atomic E-state index is 14.0. The number of hydrogen-bond acceptors (Lipinski definition) is 5. The molecule has 0 bridgehead atoms. The zero-order valence-corrected chi connectivity index (χ0v) is 18.7. The molecule has 2 aromatic carbocycles. The maximum atomic E-state index is 14.0. The van der Waals surface area contributed by atoms with Crippen LogP contribution in [0.3, 0.4) is 0 Å². The monoisotopic (exact) mass is 463 g/mol. The number of phenols is 1. The molecule has 10 heteroatoms. The van der Waals surface area contributed by atoms with Gasteiger partial charge in [0.2, 0.25) is 15.9 Å². The number of hydrogen-bond donors (Lipinski definition) is 2. The molecule has 2 N–H and O–H groups in total. The highest BCUT2D eigenvalue weighted by atomic mass is 32.2. The van der Waals surface area contributed by atoms with Crippen molar-refractivity contribution in [3.05, 3.63) is 59.9 Å². The highest BCUT2D eigenvalue weighted by Gasteiger charge is 2.34. The van der Waals surface area contributed by atoms with Crippen LogP contribution in [0.25, 0.3) is 0 Å². The van der Waals surface area contributed by atoms with Gasteiger partial charge in [0.05, 0.1) is 5.56 Å². The van der Waals surface area contributed by atoms with Crippen LogP contribution in [0.2, 0.25) is 0 Å². The van der Waals surface area contributed by atoms with E-state index < -0.39 is 32.7 Å². The minimum Gasteiger partial charge on any atom is -0.507 e. The summed E-state index contributed by atoms with van der Waals surface area (Å²) in [5, 5.41) is 9.90. The van der Waals surface area contributed by atoms with Gasteiger partial charge in [-0.25, -0.2) is 12.8 Å². The van der Waals surface area contributed by atoms with Crippen molar-refractivity contribution in [2.24, 2.45) is 5.92 Å². The number of sulfonamides is 1. The molecule has 8 nitrogen and oxygen atoms in total. The van der Waals surface area contributed by atoms with Gasteiger partial charge in [0, 0.05) is 26.2 Å². The number of amides is 2. The van der Waals surface area contributed by atoms with Crippen LogP contribution < -0.4 is 4.72 Å². The average Bonchev–Trinajstić information content (AvgIpc) is 2.77. The van der Waals surface area contributed by atoms with Gasteiger partial charge in [-0.2, -0.15) is 4.72 Å². The first-order valence-electron chi connectivity index (χ1n) is 10.2. The Morgan fingerprint density at radius 3 is 2.12 bits per heavy atom. The molecule has 1 saturated heterocycles. The first-order valence-corrected chi connectivity index (χ1v) is 11.7. The zero-order valence-electron chi connectivity index (χ0n) is 17.9. The topological polar surface area (TPSA) is 107 Å². The molecule has 1 aliphatic rings. The number of halogens is 1. The molecule has 0 radical (unpaired) electrons. The maximum Gasteiger partial charge on any atom is 0.257 e. The largest absolute Gasteiger partial charge is 0.507 e. The number of carbonyl (C=O) groups excluding carboxylic acids is 2. The van der Waals surface area contributed by atoms with Gasteiger partial charge in [0.1, 0.15) is 22.5 Å². The summed E-state index contributed by atoms with van der Waals surface area (Å²) in [6.45, 7) is 4.30. The van der Waals surface area contributed by atoms with E-state index in [1.54, 1.807) is 26.0 Å². The lowest BCUT2D eigenvalue weighted by molar-refractivity contribution is -0.135. The number of rotatable bonds is 6. The Bertz CT molecular complexity index is 1100. The Hall–Kier alpha value is -2.98. The van der Waals surface area contributed by atoms with Crippen molar-refractivity contribution in [2.75, 3.05) is 26.2 Å². The van der Waals surface area contributed by atoms with Crippen LogP contribution in [0.1, 0.15) is 24.2 Å². The van der Waals surface area contributed by atoms with Gasteiger partial charge in [-0.1, -0.05) is 38.1 Å². The van der Waals surface area contributed by atoms with Gasteiger partial charge in [-0.15, -0.1) is 0 Å². The van der Waals surface area contributed by atoms with Gasteiger partial charge in [0.15, 0.2) is 0 Å². The summed E-state index contributed by atoms with van der Waals surface area (Å²) in [7, 11) is -4.25. The standard InChI is InChI=1S/C22H26FN3O5S/c1-15(2)20(24-32(30,31)19-10-6-4-8-17(19)23)22(29)26-13-11-25(12-14-26)21(28)16-7-3-5-9-18(16)27/h3-10,15,20,24,27H,11-14H2,1-2H3/t20-/m0/s1. The van der Waals surface area contributed by atoms with E-state index in [1.807, 2.05) is 0 Å². The molecular formula is C22H26FN3O5S. The quantitative estimate of drug-likeness (QED) is 0.680. The van der Waals surface area contributed by atoms with E-state index in [0.717, 1.165) is 12.1 Å². The van der Waals surface area contributed by atoms with Crippen LogP contribution in [-0.4, -0.2) is 67.4 Å². The molecule has 1 atom stereocenters. The molecule has 3 rings (SSSR count).